The van der Waals surface area contributed by atoms with Gasteiger partial charge in [-0.2, -0.15) is 0 Å². The Bertz CT molecular complexity index is 1370. The zero-order chi connectivity index (χ0) is 24.4. The molecule has 0 radical (unpaired) electrons. The predicted octanol–water partition coefficient (Wildman–Crippen LogP) is 4.15. The van der Waals surface area contributed by atoms with E-state index in [0.29, 0.717) is 17.9 Å². The molecule has 8 nitrogen and oxygen atoms in total. The van der Waals surface area contributed by atoms with Crippen molar-refractivity contribution in [1.82, 2.24) is 30.1 Å². The summed E-state index contributed by atoms with van der Waals surface area (Å²) >= 11 is 0. The summed E-state index contributed by atoms with van der Waals surface area (Å²) in [5.74, 6) is 1.50. The number of nitrogens with zero attached hydrogens (tertiary/aromatic N) is 5. The van der Waals surface area contributed by atoms with Crippen molar-refractivity contribution in [1.29, 1.82) is 0 Å². The lowest BCUT2D eigenvalue weighted by Crippen LogP contribution is -2.36. The van der Waals surface area contributed by atoms with E-state index in [2.05, 4.69) is 51.4 Å². The van der Waals surface area contributed by atoms with Crippen molar-refractivity contribution >= 4 is 10.9 Å². The van der Waals surface area contributed by atoms with Crippen LogP contribution in [0.2, 0.25) is 0 Å². The standard InChI is InChI=1S/C27H32N6O2/c1-18-8-11-21-16-23(27(34)28-24(21)19(18)2)25(32-14-6-4-5-7-15-32)26-29-30-31-33(26)17-20-9-12-22(35-3)13-10-20/h8-13,16,25H,4-7,14-15,17H2,1-3H3,(H,28,34)/t25-/m0/s1. The molecular weight excluding hydrogens is 440 g/mol. The lowest BCUT2D eigenvalue weighted by molar-refractivity contribution is 0.220. The van der Waals surface area contributed by atoms with E-state index in [9.17, 15) is 4.79 Å². The summed E-state index contributed by atoms with van der Waals surface area (Å²) in [6, 6.07) is 13.8. The molecule has 182 valence electrons. The fourth-order valence-corrected chi connectivity index (χ4v) is 5.02. The number of H-pyrrole nitrogens is 1. The average molecular weight is 473 g/mol. The van der Waals surface area contributed by atoms with Crippen molar-refractivity contribution in [3.05, 3.63) is 80.9 Å². The van der Waals surface area contributed by atoms with Crippen LogP contribution in [0.5, 0.6) is 5.75 Å². The minimum absolute atomic E-state index is 0.0838. The highest BCUT2D eigenvalue weighted by atomic mass is 16.5. The van der Waals surface area contributed by atoms with Gasteiger partial charge < -0.3 is 9.72 Å². The largest absolute Gasteiger partial charge is 0.497 e. The zero-order valence-corrected chi connectivity index (χ0v) is 20.6. The Labute approximate surface area is 204 Å². The molecule has 4 aromatic rings. The lowest BCUT2D eigenvalue weighted by Gasteiger charge is -2.29. The van der Waals surface area contributed by atoms with E-state index < -0.39 is 0 Å². The first-order chi connectivity index (χ1) is 17.0. The average Bonchev–Trinajstić information content (AvgIpc) is 3.14. The first kappa shape index (κ1) is 23.2. The van der Waals surface area contributed by atoms with Crippen LogP contribution >= 0.6 is 0 Å². The fraction of sp³-hybridized carbons (Fsp3) is 0.407. The maximum atomic E-state index is 13.5. The number of rotatable bonds is 6. The van der Waals surface area contributed by atoms with Gasteiger partial charge in [0.2, 0.25) is 0 Å². The highest BCUT2D eigenvalue weighted by Gasteiger charge is 2.31. The molecule has 2 aromatic heterocycles. The maximum Gasteiger partial charge on any atom is 0.253 e. The lowest BCUT2D eigenvalue weighted by atomic mass is 10.00. The van der Waals surface area contributed by atoms with Crippen LogP contribution in [-0.2, 0) is 6.54 Å². The number of benzene rings is 2. The summed E-state index contributed by atoms with van der Waals surface area (Å²) in [5, 5.41) is 13.8. The molecule has 1 aliphatic rings. The summed E-state index contributed by atoms with van der Waals surface area (Å²) in [5.41, 5.74) is 4.82. The quantitative estimate of drug-likeness (QED) is 0.453. The van der Waals surface area contributed by atoms with Gasteiger partial charge in [-0.15, -0.1) is 5.10 Å². The molecule has 1 atom stereocenters. The van der Waals surface area contributed by atoms with Gasteiger partial charge in [-0.1, -0.05) is 37.1 Å². The molecule has 0 unspecified atom stereocenters. The summed E-state index contributed by atoms with van der Waals surface area (Å²) in [4.78, 5) is 19.1. The molecule has 0 bridgehead atoms. The number of hydrogen-bond acceptors (Lipinski definition) is 6. The maximum absolute atomic E-state index is 13.5. The Balaban J connectivity index is 1.60. The molecule has 0 spiro atoms. The van der Waals surface area contributed by atoms with Gasteiger partial charge in [0.05, 0.1) is 19.2 Å². The molecule has 8 heteroatoms. The number of hydrogen-bond donors (Lipinski definition) is 1. The molecule has 0 saturated carbocycles. The van der Waals surface area contributed by atoms with Crippen LogP contribution in [0.4, 0.5) is 0 Å². The van der Waals surface area contributed by atoms with Crippen LogP contribution in [0.1, 0.15) is 59.8 Å². The van der Waals surface area contributed by atoms with Crippen molar-refractivity contribution < 1.29 is 4.74 Å². The van der Waals surface area contributed by atoms with Crippen molar-refractivity contribution in [2.75, 3.05) is 20.2 Å². The third kappa shape index (κ3) is 4.71. The summed E-state index contributed by atoms with van der Waals surface area (Å²) in [6.45, 7) is 6.44. The topological polar surface area (TPSA) is 88.9 Å². The van der Waals surface area contributed by atoms with E-state index in [1.165, 1.54) is 12.8 Å². The van der Waals surface area contributed by atoms with Gasteiger partial charge in [-0.05, 0) is 90.5 Å². The minimum Gasteiger partial charge on any atom is -0.497 e. The second-order valence-electron chi connectivity index (χ2n) is 9.42. The van der Waals surface area contributed by atoms with E-state index in [-0.39, 0.29) is 11.6 Å². The number of aromatic nitrogens is 5. The highest BCUT2D eigenvalue weighted by Crippen LogP contribution is 2.30. The number of ether oxygens (including phenoxy) is 1. The molecule has 1 N–H and O–H groups in total. The molecule has 2 aromatic carbocycles. The van der Waals surface area contributed by atoms with E-state index in [1.807, 2.05) is 35.0 Å². The SMILES string of the molecule is COc1ccc(Cn2nnnc2[C@H](c2cc3ccc(C)c(C)c3[nH]c2=O)N2CCCCCC2)cc1. The number of pyridine rings is 1. The van der Waals surface area contributed by atoms with Crippen molar-refractivity contribution in [2.24, 2.45) is 0 Å². The molecule has 5 rings (SSSR count). The van der Waals surface area contributed by atoms with Gasteiger partial charge in [0, 0.05) is 5.56 Å². The van der Waals surface area contributed by atoms with Crippen LogP contribution < -0.4 is 10.3 Å². The smallest absolute Gasteiger partial charge is 0.253 e. The van der Waals surface area contributed by atoms with Crippen molar-refractivity contribution in [3.63, 3.8) is 0 Å². The van der Waals surface area contributed by atoms with Crippen molar-refractivity contribution in [2.45, 2.75) is 52.1 Å². The number of aromatic amines is 1. The number of methoxy groups -OCH3 is 1. The first-order valence-electron chi connectivity index (χ1n) is 12.3. The Kier molecular flexibility index (Phi) is 6.63. The molecule has 1 saturated heterocycles. The van der Waals surface area contributed by atoms with Gasteiger partial charge in [0.15, 0.2) is 5.82 Å². The van der Waals surface area contributed by atoms with Crippen LogP contribution in [0.25, 0.3) is 10.9 Å². The second kappa shape index (κ2) is 10.00. The summed E-state index contributed by atoms with van der Waals surface area (Å²) < 4.78 is 7.11. The zero-order valence-electron chi connectivity index (χ0n) is 20.6. The molecule has 0 amide bonds. The van der Waals surface area contributed by atoms with Crippen LogP contribution in [0.15, 0.2) is 47.3 Å². The Morgan fingerprint density at radius 1 is 1.03 bits per heavy atom. The minimum atomic E-state index is -0.323. The molecule has 35 heavy (non-hydrogen) atoms. The second-order valence-corrected chi connectivity index (χ2v) is 9.42. The third-order valence-electron chi connectivity index (χ3n) is 7.18. The number of fused-ring (bicyclic) bond motifs is 1. The fourth-order valence-electron chi connectivity index (χ4n) is 5.02. The van der Waals surface area contributed by atoms with Crippen LogP contribution in [0, 0.1) is 13.8 Å². The Hall–Kier alpha value is -3.52. The van der Waals surface area contributed by atoms with E-state index >= 15 is 0 Å². The third-order valence-corrected chi connectivity index (χ3v) is 7.18. The van der Waals surface area contributed by atoms with Crippen LogP contribution in [-0.4, -0.2) is 50.3 Å². The molecule has 0 aliphatic carbocycles. The van der Waals surface area contributed by atoms with E-state index in [0.717, 1.165) is 59.3 Å². The summed E-state index contributed by atoms with van der Waals surface area (Å²) in [7, 11) is 1.66. The number of tetrazole rings is 1. The van der Waals surface area contributed by atoms with Crippen LogP contribution in [0.3, 0.4) is 0 Å². The number of nitrogens with one attached hydrogen (secondary N) is 1. The summed E-state index contributed by atoms with van der Waals surface area (Å²) in [6.07, 6.45) is 4.60. The number of aryl methyl sites for hydroxylation is 2. The predicted molar refractivity (Wildman–Crippen MR) is 136 cm³/mol. The van der Waals surface area contributed by atoms with Gasteiger partial charge in [0.1, 0.15) is 11.8 Å². The van der Waals surface area contributed by atoms with Gasteiger partial charge >= 0.3 is 0 Å². The Morgan fingerprint density at radius 3 is 2.49 bits per heavy atom. The molecular formula is C27H32N6O2. The number of likely N-dealkylation sites (tertiary alicyclic amines) is 1. The van der Waals surface area contributed by atoms with E-state index in [1.54, 1.807) is 7.11 Å². The monoisotopic (exact) mass is 472 g/mol. The Morgan fingerprint density at radius 2 is 1.77 bits per heavy atom. The highest BCUT2D eigenvalue weighted by molar-refractivity contribution is 5.83. The van der Waals surface area contributed by atoms with Gasteiger partial charge in [0.25, 0.3) is 5.56 Å². The van der Waals surface area contributed by atoms with E-state index in [4.69, 9.17) is 4.74 Å². The first-order valence-corrected chi connectivity index (χ1v) is 12.3. The molecule has 3 heterocycles. The normalized spacial score (nSPS) is 15.7. The molecule has 1 fully saturated rings. The van der Waals surface area contributed by atoms with Crippen molar-refractivity contribution in [3.8, 4) is 5.75 Å². The van der Waals surface area contributed by atoms with Gasteiger partial charge in [-0.3, -0.25) is 9.69 Å². The molecule has 1 aliphatic heterocycles. The van der Waals surface area contributed by atoms with Gasteiger partial charge in [-0.25, -0.2) is 4.68 Å².